The Hall–Kier alpha value is -3.72. The largest absolute Gasteiger partial charge is 0.478 e. The van der Waals surface area contributed by atoms with Gasteiger partial charge in [0, 0.05) is 18.7 Å². The van der Waals surface area contributed by atoms with E-state index < -0.39 is 17.6 Å². The van der Waals surface area contributed by atoms with Crippen LogP contribution in [0.4, 0.5) is 14.5 Å². The van der Waals surface area contributed by atoms with Crippen molar-refractivity contribution in [2.45, 2.75) is 32.6 Å². The van der Waals surface area contributed by atoms with Gasteiger partial charge in [-0.05, 0) is 79.8 Å². The van der Waals surface area contributed by atoms with Crippen LogP contribution in [-0.2, 0) is 9.63 Å². The molecule has 1 aromatic rings. The first-order chi connectivity index (χ1) is 17.8. The second kappa shape index (κ2) is 13.5. The van der Waals surface area contributed by atoms with Gasteiger partial charge in [0.2, 0.25) is 0 Å². The van der Waals surface area contributed by atoms with Crippen molar-refractivity contribution in [3.8, 4) is 0 Å². The summed E-state index contributed by atoms with van der Waals surface area (Å²) < 4.78 is 28.7. The number of carbonyl (C=O) groups is 1. The van der Waals surface area contributed by atoms with Gasteiger partial charge in [0.15, 0.2) is 11.6 Å². The number of oxime groups is 1. The van der Waals surface area contributed by atoms with Crippen LogP contribution in [0.1, 0.15) is 38.2 Å². The SMILES string of the molecule is CC1CCN(CC/C(=C\C=C/N)c2ccc(N)c(F)c2F)CCO/N=C(/C2=CCC=C(C(=O)O)C=C2)C1. The maximum atomic E-state index is 14.6. The summed E-state index contributed by atoms with van der Waals surface area (Å²) in [5.74, 6) is -2.68. The number of carboxylic acids is 1. The highest BCUT2D eigenvalue weighted by Crippen LogP contribution is 2.27. The first-order valence-corrected chi connectivity index (χ1v) is 12.3. The number of anilines is 1. The van der Waals surface area contributed by atoms with Crippen LogP contribution in [0.3, 0.4) is 0 Å². The Morgan fingerprint density at radius 1 is 1.24 bits per heavy atom. The fourth-order valence-electron chi connectivity index (χ4n) is 4.24. The molecule has 1 aliphatic heterocycles. The Morgan fingerprint density at radius 2 is 2.05 bits per heavy atom. The molecule has 198 valence electrons. The number of benzene rings is 1. The third-order valence-electron chi connectivity index (χ3n) is 6.42. The summed E-state index contributed by atoms with van der Waals surface area (Å²) in [5.41, 5.74) is 13.5. The van der Waals surface area contributed by atoms with Gasteiger partial charge in [-0.25, -0.2) is 13.6 Å². The lowest BCUT2D eigenvalue weighted by molar-refractivity contribution is -0.132. The van der Waals surface area contributed by atoms with E-state index in [0.29, 0.717) is 50.4 Å². The molecule has 0 amide bonds. The van der Waals surface area contributed by atoms with Crippen molar-refractivity contribution >= 4 is 22.9 Å². The zero-order chi connectivity index (χ0) is 26.8. The number of rotatable bonds is 7. The molecule has 0 fully saturated rings. The van der Waals surface area contributed by atoms with Crippen LogP contribution in [-0.4, -0.2) is 47.9 Å². The van der Waals surface area contributed by atoms with Gasteiger partial charge in [-0.15, -0.1) is 0 Å². The van der Waals surface area contributed by atoms with Crippen molar-refractivity contribution in [3.05, 3.63) is 83.1 Å². The third-order valence-corrected chi connectivity index (χ3v) is 6.42. The van der Waals surface area contributed by atoms with Gasteiger partial charge in [0.1, 0.15) is 6.61 Å². The molecule has 3 rings (SSSR count). The van der Waals surface area contributed by atoms with E-state index in [1.54, 1.807) is 30.4 Å². The minimum Gasteiger partial charge on any atom is -0.478 e. The van der Waals surface area contributed by atoms with Crippen LogP contribution in [0.5, 0.6) is 0 Å². The molecule has 0 aromatic heterocycles. The van der Waals surface area contributed by atoms with Gasteiger partial charge in [-0.2, -0.15) is 0 Å². The summed E-state index contributed by atoms with van der Waals surface area (Å²) in [4.78, 5) is 19.1. The molecule has 1 aliphatic carbocycles. The number of nitrogens with two attached hydrogens (primary N) is 2. The molecule has 0 radical (unpaired) electrons. The molecule has 0 saturated carbocycles. The van der Waals surface area contributed by atoms with Gasteiger partial charge in [-0.1, -0.05) is 36.4 Å². The zero-order valence-electron chi connectivity index (χ0n) is 21.0. The van der Waals surface area contributed by atoms with E-state index in [0.717, 1.165) is 24.3 Å². The van der Waals surface area contributed by atoms with Gasteiger partial charge >= 0.3 is 5.97 Å². The van der Waals surface area contributed by atoms with Crippen molar-refractivity contribution in [1.29, 1.82) is 0 Å². The Bertz CT molecular complexity index is 1170. The molecule has 2 aliphatic rings. The minimum atomic E-state index is -1.05. The van der Waals surface area contributed by atoms with Crippen LogP contribution < -0.4 is 11.5 Å². The molecular formula is C28H34F2N4O3. The van der Waals surface area contributed by atoms with E-state index in [9.17, 15) is 18.7 Å². The van der Waals surface area contributed by atoms with E-state index in [1.807, 2.05) is 6.08 Å². The molecule has 0 bridgehead atoms. The monoisotopic (exact) mass is 512 g/mol. The van der Waals surface area contributed by atoms with Gasteiger partial charge in [0.05, 0.1) is 17.0 Å². The van der Waals surface area contributed by atoms with E-state index in [2.05, 4.69) is 17.0 Å². The van der Waals surface area contributed by atoms with E-state index in [4.69, 9.17) is 16.3 Å². The fraction of sp³-hybridized carbons (Fsp3) is 0.357. The van der Waals surface area contributed by atoms with E-state index in [-0.39, 0.29) is 16.8 Å². The number of carboxylic acid groups (broad SMARTS) is 1. The van der Waals surface area contributed by atoms with E-state index in [1.165, 1.54) is 18.3 Å². The van der Waals surface area contributed by atoms with Crippen LogP contribution in [0.2, 0.25) is 0 Å². The Kier molecular flexibility index (Phi) is 10.2. The first kappa shape index (κ1) is 27.9. The van der Waals surface area contributed by atoms with Crippen molar-refractivity contribution in [1.82, 2.24) is 4.90 Å². The molecule has 5 N–H and O–H groups in total. The predicted molar refractivity (Wildman–Crippen MR) is 142 cm³/mol. The van der Waals surface area contributed by atoms with Gasteiger partial charge in [-0.3, -0.25) is 4.90 Å². The van der Waals surface area contributed by atoms with Crippen molar-refractivity contribution in [3.63, 3.8) is 0 Å². The lowest BCUT2D eigenvalue weighted by atomic mass is 9.95. The smallest absolute Gasteiger partial charge is 0.335 e. The molecule has 9 heteroatoms. The number of hydrogen-bond acceptors (Lipinski definition) is 6. The van der Waals surface area contributed by atoms with Gasteiger partial charge < -0.3 is 21.4 Å². The van der Waals surface area contributed by atoms with Crippen LogP contribution >= 0.6 is 0 Å². The fourth-order valence-corrected chi connectivity index (χ4v) is 4.24. The Morgan fingerprint density at radius 3 is 2.81 bits per heavy atom. The van der Waals surface area contributed by atoms with Crippen LogP contribution in [0.25, 0.3) is 5.57 Å². The number of halogens is 2. The molecular weight excluding hydrogens is 478 g/mol. The van der Waals surface area contributed by atoms with E-state index >= 15 is 0 Å². The molecule has 1 heterocycles. The third kappa shape index (κ3) is 7.88. The topological polar surface area (TPSA) is 114 Å². The Balaban J connectivity index is 1.67. The number of allylic oxidation sites excluding steroid dienone is 6. The molecule has 0 spiro atoms. The van der Waals surface area contributed by atoms with Gasteiger partial charge in [0.25, 0.3) is 0 Å². The van der Waals surface area contributed by atoms with Crippen molar-refractivity contribution in [2.24, 2.45) is 16.8 Å². The van der Waals surface area contributed by atoms with Crippen molar-refractivity contribution in [2.75, 3.05) is 32.0 Å². The highest BCUT2D eigenvalue weighted by Gasteiger charge is 2.19. The maximum Gasteiger partial charge on any atom is 0.335 e. The quantitative estimate of drug-likeness (QED) is 0.357. The summed E-state index contributed by atoms with van der Waals surface area (Å²) in [7, 11) is 0. The second-order valence-electron chi connectivity index (χ2n) is 9.16. The number of aliphatic carboxylic acids is 1. The average Bonchev–Trinajstić information content (AvgIpc) is 3.14. The summed E-state index contributed by atoms with van der Waals surface area (Å²) in [5, 5.41) is 13.6. The lowest BCUT2D eigenvalue weighted by Crippen LogP contribution is -2.31. The molecule has 1 aromatic carbocycles. The second-order valence-corrected chi connectivity index (χ2v) is 9.16. The molecule has 0 saturated heterocycles. The van der Waals surface area contributed by atoms with Crippen LogP contribution in [0, 0.1) is 17.6 Å². The molecule has 37 heavy (non-hydrogen) atoms. The number of nitrogens with zero attached hydrogens (tertiary/aromatic N) is 2. The predicted octanol–water partition coefficient (Wildman–Crippen LogP) is 4.79. The summed E-state index contributed by atoms with van der Waals surface area (Å²) >= 11 is 0. The highest BCUT2D eigenvalue weighted by atomic mass is 19.2. The normalized spacial score (nSPS) is 21.4. The Labute approximate surface area is 216 Å². The lowest BCUT2D eigenvalue weighted by Gasteiger charge is -2.26. The summed E-state index contributed by atoms with van der Waals surface area (Å²) in [6, 6.07) is 2.85. The molecule has 1 unspecified atom stereocenters. The zero-order valence-corrected chi connectivity index (χ0v) is 21.0. The highest BCUT2D eigenvalue weighted by molar-refractivity contribution is 6.03. The minimum absolute atomic E-state index is 0.162. The van der Waals surface area contributed by atoms with Crippen molar-refractivity contribution < 1.29 is 23.5 Å². The number of hydrogen-bond donors (Lipinski definition) is 3. The maximum absolute atomic E-state index is 14.6. The molecule has 7 nitrogen and oxygen atoms in total. The summed E-state index contributed by atoms with van der Waals surface area (Å²) in [6.45, 7) is 4.53. The standard InChI is InChI=1S/C28H34F2N4O3/c1-19-11-14-34(15-12-20(6-3-13-31)23-9-10-24(32)27(30)26(23)29)16-17-37-33-25(18-19)21-4-2-5-22(8-7-21)28(35)36/h3-10,13,19H,2,11-12,14-18,31-32H2,1H3,(H,35,36)/b13-3-,20-6+,33-25+. The first-order valence-electron chi connectivity index (χ1n) is 12.3. The summed E-state index contributed by atoms with van der Waals surface area (Å²) in [6.07, 6.45) is 14.2. The average molecular weight is 513 g/mol. The van der Waals surface area contributed by atoms with Crippen LogP contribution in [0.15, 0.2) is 71.1 Å². The molecule has 1 atom stereocenters. The number of nitrogen functional groups attached to an aromatic ring is 1.